The normalized spacial score (nSPS) is 10.4. The molecule has 7 heteroatoms. The van der Waals surface area contributed by atoms with Crippen LogP contribution in [0.3, 0.4) is 0 Å². The van der Waals surface area contributed by atoms with Crippen LogP contribution in [0.15, 0.2) is 59.1 Å². The Morgan fingerprint density at radius 1 is 1.00 bits per heavy atom. The molecule has 2 amide bonds. The van der Waals surface area contributed by atoms with E-state index in [2.05, 4.69) is 16.0 Å². The van der Waals surface area contributed by atoms with E-state index >= 15 is 0 Å². The Labute approximate surface area is 162 Å². The van der Waals surface area contributed by atoms with Crippen LogP contribution in [0.25, 0.3) is 0 Å². The van der Waals surface area contributed by atoms with E-state index in [0.29, 0.717) is 17.9 Å². The number of aryl methyl sites for hydroxylation is 2. The number of hydrogen-bond donors (Lipinski definition) is 2. The summed E-state index contributed by atoms with van der Waals surface area (Å²) < 4.78 is 10.9. The Kier molecular flexibility index (Phi) is 6.06. The van der Waals surface area contributed by atoms with E-state index in [9.17, 15) is 9.59 Å². The van der Waals surface area contributed by atoms with Gasteiger partial charge in [-0.25, -0.2) is 0 Å². The van der Waals surface area contributed by atoms with Gasteiger partial charge in [-0.1, -0.05) is 35.5 Å². The molecule has 3 rings (SSSR count). The monoisotopic (exact) mass is 379 g/mol. The Bertz CT molecular complexity index is 930. The van der Waals surface area contributed by atoms with Crippen molar-refractivity contribution >= 4 is 11.8 Å². The number of hydrazine groups is 1. The van der Waals surface area contributed by atoms with Gasteiger partial charge in [-0.15, -0.1) is 0 Å². The van der Waals surface area contributed by atoms with Gasteiger partial charge in [0.1, 0.15) is 18.1 Å². The van der Waals surface area contributed by atoms with Crippen molar-refractivity contribution in [3.8, 4) is 5.75 Å². The molecular formula is C21H21N3O4. The molecule has 2 aromatic carbocycles. The van der Waals surface area contributed by atoms with Crippen molar-refractivity contribution in [1.29, 1.82) is 0 Å². The minimum atomic E-state index is -0.364. The third kappa shape index (κ3) is 4.97. The lowest BCUT2D eigenvalue weighted by Crippen LogP contribution is -2.42. The molecule has 0 spiro atoms. The Morgan fingerprint density at radius 3 is 2.36 bits per heavy atom. The Morgan fingerprint density at radius 2 is 1.71 bits per heavy atom. The molecule has 2 N–H and O–H groups in total. The Hall–Kier alpha value is -3.61. The highest BCUT2D eigenvalue weighted by atomic mass is 16.5. The molecule has 0 atom stereocenters. The van der Waals surface area contributed by atoms with Gasteiger partial charge in [0, 0.05) is 5.56 Å². The highest BCUT2D eigenvalue weighted by molar-refractivity contribution is 5.95. The van der Waals surface area contributed by atoms with E-state index in [0.717, 1.165) is 22.6 Å². The molecule has 0 aliphatic rings. The molecule has 3 aromatic rings. The lowest BCUT2D eigenvalue weighted by molar-refractivity contribution is -0.121. The number of carbonyl (C=O) groups excluding carboxylic acids is 2. The predicted molar refractivity (Wildman–Crippen MR) is 103 cm³/mol. The van der Waals surface area contributed by atoms with E-state index in [1.807, 2.05) is 19.9 Å². The van der Waals surface area contributed by atoms with Gasteiger partial charge in [-0.05, 0) is 43.7 Å². The summed E-state index contributed by atoms with van der Waals surface area (Å²) in [4.78, 5) is 23.9. The van der Waals surface area contributed by atoms with Gasteiger partial charge in [0.15, 0.2) is 0 Å². The van der Waals surface area contributed by atoms with Gasteiger partial charge < -0.3 is 9.26 Å². The molecule has 0 aliphatic heterocycles. The second-order valence-corrected chi connectivity index (χ2v) is 6.28. The van der Waals surface area contributed by atoms with Gasteiger partial charge in [0.25, 0.3) is 5.91 Å². The first-order chi connectivity index (χ1) is 13.5. The molecule has 1 aromatic heterocycles. The summed E-state index contributed by atoms with van der Waals surface area (Å²) in [6, 6.07) is 15.9. The first-order valence-corrected chi connectivity index (χ1v) is 8.80. The molecule has 0 radical (unpaired) electrons. The quantitative estimate of drug-likeness (QED) is 0.643. The molecular weight excluding hydrogens is 358 g/mol. The maximum atomic E-state index is 12.0. The minimum Gasteiger partial charge on any atom is -0.489 e. The highest BCUT2D eigenvalue weighted by Crippen LogP contribution is 2.18. The number of ether oxygens (including phenoxy) is 1. The van der Waals surface area contributed by atoms with Gasteiger partial charge in [-0.2, -0.15) is 0 Å². The molecule has 1 heterocycles. The fourth-order valence-electron chi connectivity index (χ4n) is 2.58. The van der Waals surface area contributed by atoms with Crippen molar-refractivity contribution in [2.75, 3.05) is 0 Å². The lowest BCUT2D eigenvalue weighted by atomic mass is 10.1. The predicted octanol–water partition coefficient (Wildman–Crippen LogP) is 2.87. The number of hydrogen-bond acceptors (Lipinski definition) is 5. The largest absolute Gasteiger partial charge is 0.489 e. The lowest BCUT2D eigenvalue weighted by Gasteiger charge is -2.09. The summed E-state index contributed by atoms with van der Waals surface area (Å²) >= 11 is 0. The zero-order valence-corrected chi connectivity index (χ0v) is 15.7. The number of benzene rings is 2. The van der Waals surface area contributed by atoms with Crippen molar-refractivity contribution in [3.63, 3.8) is 0 Å². The molecule has 144 valence electrons. The van der Waals surface area contributed by atoms with Crippen LogP contribution in [0, 0.1) is 13.8 Å². The molecule has 0 fully saturated rings. The summed E-state index contributed by atoms with van der Waals surface area (Å²) in [6.07, 6.45) is 0.138. The Balaban J connectivity index is 1.47. The van der Waals surface area contributed by atoms with Crippen LogP contribution in [0.2, 0.25) is 0 Å². The van der Waals surface area contributed by atoms with Crippen LogP contribution >= 0.6 is 0 Å². The molecule has 7 nitrogen and oxygen atoms in total. The molecule has 0 saturated heterocycles. The van der Waals surface area contributed by atoms with Crippen molar-refractivity contribution in [2.24, 2.45) is 0 Å². The summed E-state index contributed by atoms with van der Waals surface area (Å²) in [5.41, 5.74) is 7.83. The first kappa shape index (κ1) is 19.2. The molecule has 0 saturated carbocycles. The van der Waals surface area contributed by atoms with Gasteiger partial charge >= 0.3 is 0 Å². The summed E-state index contributed by atoms with van der Waals surface area (Å²) in [7, 11) is 0. The number of nitrogens with one attached hydrogen (secondary N) is 2. The van der Waals surface area contributed by atoms with Crippen LogP contribution in [0.5, 0.6) is 5.75 Å². The fourth-order valence-corrected chi connectivity index (χ4v) is 2.58. The number of rotatable bonds is 6. The number of nitrogens with zero attached hydrogens (tertiary/aromatic N) is 1. The smallest absolute Gasteiger partial charge is 0.269 e. The zero-order chi connectivity index (χ0) is 19.9. The van der Waals surface area contributed by atoms with Crippen LogP contribution in [-0.4, -0.2) is 17.0 Å². The van der Waals surface area contributed by atoms with Crippen molar-refractivity contribution in [1.82, 2.24) is 16.0 Å². The summed E-state index contributed by atoms with van der Waals surface area (Å²) in [6.45, 7) is 4.08. The number of carbonyl (C=O) groups is 2. The van der Waals surface area contributed by atoms with Crippen molar-refractivity contribution in [2.45, 2.75) is 26.9 Å². The van der Waals surface area contributed by atoms with Crippen LogP contribution in [0.1, 0.15) is 32.9 Å². The maximum absolute atomic E-state index is 12.0. The van der Waals surface area contributed by atoms with E-state index in [1.54, 1.807) is 48.5 Å². The van der Waals surface area contributed by atoms with Crippen molar-refractivity contribution in [3.05, 3.63) is 82.7 Å². The van der Waals surface area contributed by atoms with Crippen LogP contribution < -0.4 is 15.6 Å². The van der Waals surface area contributed by atoms with Crippen LogP contribution in [-0.2, 0) is 17.8 Å². The first-order valence-electron chi connectivity index (χ1n) is 8.80. The van der Waals surface area contributed by atoms with Crippen LogP contribution in [0.4, 0.5) is 0 Å². The molecule has 28 heavy (non-hydrogen) atoms. The van der Waals surface area contributed by atoms with Crippen molar-refractivity contribution < 1.29 is 18.8 Å². The molecule has 0 aliphatic carbocycles. The average molecular weight is 379 g/mol. The number of amides is 2. The fraction of sp³-hybridized carbons (Fsp3) is 0.190. The second-order valence-electron chi connectivity index (χ2n) is 6.28. The van der Waals surface area contributed by atoms with E-state index in [-0.39, 0.29) is 18.2 Å². The highest BCUT2D eigenvalue weighted by Gasteiger charge is 2.10. The van der Waals surface area contributed by atoms with Gasteiger partial charge in [0.05, 0.1) is 17.7 Å². The van der Waals surface area contributed by atoms with Gasteiger partial charge in [0.2, 0.25) is 5.91 Å². The zero-order valence-electron chi connectivity index (χ0n) is 15.7. The van der Waals surface area contributed by atoms with E-state index in [1.165, 1.54) is 0 Å². The average Bonchev–Trinajstić information content (AvgIpc) is 3.04. The molecule has 0 unspecified atom stereocenters. The van der Waals surface area contributed by atoms with E-state index in [4.69, 9.17) is 9.26 Å². The van der Waals surface area contributed by atoms with E-state index < -0.39 is 0 Å². The third-order valence-corrected chi connectivity index (χ3v) is 4.20. The second kappa shape index (κ2) is 8.85. The topological polar surface area (TPSA) is 93.5 Å². The standard InChI is InChI=1S/C21H21N3O4/c1-14-19(15(2)28-24-14)13-27-18-10-8-16(9-11-18)12-20(25)22-23-21(26)17-6-4-3-5-7-17/h3-11H,12-13H2,1-2H3,(H,22,25)(H,23,26). The minimum absolute atomic E-state index is 0.138. The number of aromatic nitrogens is 1. The molecule has 0 bridgehead atoms. The third-order valence-electron chi connectivity index (χ3n) is 4.20. The van der Waals surface area contributed by atoms with Gasteiger partial charge in [-0.3, -0.25) is 20.4 Å². The summed E-state index contributed by atoms with van der Waals surface area (Å²) in [5.74, 6) is 0.746. The SMILES string of the molecule is Cc1noc(C)c1COc1ccc(CC(=O)NNC(=O)c2ccccc2)cc1. The maximum Gasteiger partial charge on any atom is 0.269 e. The summed E-state index contributed by atoms with van der Waals surface area (Å²) in [5, 5.41) is 3.89.